The minimum atomic E-state index is -0.509. The number of likely N-dealkylation sites (N-methyl/N-ethyl adjacent to an activating group) is 1. The van der Waals surface area contributed by atoms with E-state index in [4.69, 9.17) is 14.2 Å². The molecule has 0 fully saturated rings. The lowest BCUT2D eigenvalue weighted by Gasteiger charge is -2.19. The van der Waals surface area contributed by atoms with Gasteiger partial charge in [-0.05, 0) is 30.5 Å². The third-order valence-corrected chi connectivity index (χ3v) is 7.30. The monoisotopic (exact) mass is 549 g/mol. The predicted octanol–water partition coefficient (Wildman–Crippen LogP) is 8.53. The van der Waals surface area contributed by atoms with Crippen molar-refractivity contribution in [2.45, 2.75) is 142 Å². The van der Waals surface area contributed by atoms with Gasteiger partial charge in [0.25, 0.3) is 0 Å². The van der Waals surface area contributed by atoms with Crippen LogP contribution in [0.25, 0.3) is 0 Å². The van der Waals surface area contributed by atoms with Gasteiger partial charge in [0.05, 0.1) is 25.9 Å². The van der Waals surface area contributed by atoms with Crippen molar-refractivity contribution in [1.82, 2.24) is 5.32 Å². The van der Waals surface area contributed by atoms with Crippen LogP contribution < -0.4 is 5.32 Å². The fourth-order valence-electron chi connectivity index (χ4n) is 4.75. The zero-order valence-electron chi connectivity index (χ0n) is 25.9. The van der Waals surface area contributed by atoms with E-state index in [2.05, 4.69) is 25.2 Å². The van der Waals surface area contributed by atoms with Gasteiger partial charge in [0.2, 0.25) is 0 Å². The van der Waals surface area contributed by atoms with E-state index in [9.17, 15) is 5.11 Å². The van der Waals surface area contributed by atoms with Crippen molar-refractivity contribution < 1.29 is 19.3 Å². The molecule has 1 aromatic rings. The van der Waals surface area contributed by atoms with Crippen LogP contribution in [-0.4, -0.2) is 50.7 Å². The summed E-state index contributed by atoms with van der Waals surface area (Å²) < 4.78 is 18.3. The molecule has 1 unspecified atom stereocenters. The molecule has 0 aliphatic rings. The first-order valence-corrected chi connectivity index (χ1v) is 16.5. The Morgan fingerprint density at radius 1 is 0.692 bits per heavy atom. The van der Waals surface area contributed by atoms with Crippen LogP contribution in [0.4, 0.5) is 0 Å². The molecule has 0 bridgehead atoms. The molecule has 0 saturated heterocycles. The summed E-state index contributed by atoms with van der Waals surface area (Å²) in [6.07, 6.45) is 20.3. The highest BCUT2D eigenvalue weighted by atomic mass is 16.6. The summed E-state index contributed by atoms with van der Waals surface area (Å²) in [6.45, 7) is 11.2. The molecule has 5 nitrogen and oxygen atoms in total. The van der Waals surface area contributed by atoms with Gasteiger partial charge >= 0.3 is 0 Å². The maximum absolute atomic E-state index is 10.4. The number of rotatable bonds is 29. The van der Waals surface area contributed by atoms with Crippen LogP contribution in [0, 0.1) is 0 Å². The molecule has 0 radical (unpaired) electrons. The van der Waals surface area contributed by atoms with E-state index in [0.717, 1.165) is 43.7 Å². The number of nitrogens with one attached hydrogen (secondary N) is 1. The number of benzene rings is 1. The van der Waals surface area contributed by atoms with Crippen molar-refractivity contribution in [3.8, 4) is 0 Å². The summed E-state index contributed by atoms with van der Waals surface area (Å²) in [5.41, 5.74) is 1.99. The molecule has 0 heterocycles. The predicted molar refractivity (Wildman–Crippen MR) is 165 cm³/mol. The maximum atomic E-state index is 10.4. The van der Waals surface area contributed by atoms with Gasteiger partial charge < -0.3 is 24.6 Å². The highest BCUT2D eigenvalue weighted by molar-refractivity contribution is 5.25. The Morgan fingerprint density at radius 3 is 1.72 bits per heavy atom. The van der Waals surface area contributed by atoms with Gasteiger partial charge in [0.15, 0.2) is 0 Å². The molecule has 0 aromatic heterocycles. The van der Waals surface area contributed by atoms with E-state index in [1.807, 2.05) is 25.1 Å². The summed E-state index contributed by atoms with van der Waals surface area (Å²) in [6, 6.07) is 8.07. The van der Waals surface area contributed by atoms with Gasteiger partial charge in [-0.3, -0.25) is 0 Å². The number of aliphatic hydroxyl groups excluding tert-OH is 1. The Balaban J connectivity index is 2.36. The van der Waals surface area contributed by atoms with E-state index in [0.29, 0.717) is 26.4 Å². The first-order valence-electron chi connectivity index (χ1n) is 16.5. The number of hydrogen-bond donors (Lipinski definition) is 2. The normalized spacial score (nSPS) is 12.4. The van der Waals surface area contributed by atoms with E-state index in [1.54, 1.807) is 0 Å². The summed E-state index contributed by atoms with van der Waals surface area (Å²) >= 11 is 0. The van der Waals surface area contributed by atoms with E-state index in [1.165, 1.54) is 89.9 Å². The van der Waals surface area contributed by atoms with E-state index in [-0.39, 0.29) is 6.10 Å². The van der Waals surface area contributed by atoms with Crippen LogP contribution in [0.1, 0.15) is 141 Å². The number of hydrogen-bond acceptors (Lipinski definition) is 5. The van der Waals surface area contributed by atoms with Crippen LogP contribution in [0.15, 0.2) is 24.3 Å². The molecule has 39 heavy (non-hydrogen) atoms. The van der Waals surface area contributed by atoms with Gasteiger partial charge in [0.1, 0.15) is 6.10 Å². The first-order chi connectivity index (χ1) is 19.2. The molecule has 0 aliphatic heterocycles. The molecule has 0 amide bonds. The van der Waals surface area contributed by atoms with Crippen LogP contribution in [-0.2, 0) is 20.8 Å². The SMILES string of the molecule is CCCCCCCCCCOCC(COCCCCCCCCCC)OCc1cccc(C(O)CNCC)c1. The molecule has 0 saturated carbocycles. The quantitative estimate of drug-likeness (QED) is 0.0981. The fourth-order valence-corrected chi connectivity index (χ4v) is 4.75. The molecule has 2 N–H and O–H groups in total. The van der Waals surface area contributed by atoms with Crippen molar-refractivity contribution in [3.63, 3.8) is 0 Å². The molecule has 5 heteroatoms. The van der Waals surface area contributed by atoms with Crippen LogP contribution >= 0.6 is 0 Å². The van der Waals surface area contributed by atoms with Gasteiger partial charge in [-0.25, -0.2) is 0 Å². The zero-order valence-corrected chi connectivity index (χ0v) is 25.9. The number of ether oxygens (including phenoxy) is 3. The third kappa shape index (κ3) is 21.4. The standard InChI is InChI=1S/C34H63NO4/c1-4-7-9-11-13-15-17-19-24-37-29-33(30-38-25-20-18-16-14-12-10-8-5-2)39-28-31-22-21-23-32(26-31)34(36)27-35-6-3/h21-23,26,33-36H,4-20,24-25,27-30H2,1-3H3. The van der Waals surface area contributed by atoms with Gasteiger partial charge in [-0.1, -0.05) is 135 Å². The highest BCUT2D eigenvalue weighted by Crippen LogP contribution is 2.16. The van der Waals surface area contributed by atoms with Crippen molar-refractivity contribution in [2.75, 3.05) is 39.5 Å². The minimum absolute atomic E-state index is 0.0802. The van der Waals surface area contributed by atoms with Gasteiger partial charge in [-0.2, -0.15) is 0 Å². The number of aliphatic hydroxyl groups is 1. The molecule has 1 atom stereocenters. The Kier molecular flexibility index (Phi) is 25.1. The lowest BCUT2D eigenvalue weighted by Crippen LogP contribution is -2.26. The molecular formula is C34H63NO4. The van der Waals surface area contributed by atoms with Gasteiger partial charge in [-0.15, -0.1) is 0 Å². The highest BCUT2D eigenvalue weighted by Gasteiger charge is 2.12. The van der Waals surface area contributed by atoms with Crippen LogP contribution in [0.2, 0.25) is 0 Å². The fraction of sp³-hybridized carbons (Fsp3) is 0.824. The molecule has 1 aromatic carbocycles. The number of unbranched alkanes of at least 4 members (excludes halogenated alkanes) is 14. The summed E-state index contributed by atoms with van der Waals surface area (Å²) in [4.78, 5) is 0. The molecule has 1 rings (SSSR count). The summed E-state index contributed by atoms with van der Waals surface area (Å²) in [7, 11) is 0. The lowest BCUT2D eigenvalue weighted by atomic mass is 10.1. The summed E-state index contributed by atoms with van der Waals surface area (Å²) in [5.74, 6) is 0. The zero-order chi connectivity index (χ0) is 28.2. The van der Waals surface area contributed by atoms with Crippen molar-refractivity contribution in [3.05, 3.63) is 35.4 Å². The van der Waals surface area contributed by atoms with Crippen molar-refractivity contribution in [1.29, 1.82) is 0 Å². The smallest absolute Gasteiger partial charge is 0.105 e. The minimum Gasteiger partial charge on any atom is -0.387 e. The third-order valence-electron chi connectivity index (χ3n) is 7.30. The molecular weight excluding hydrogens is 486 g/mol. The maximum Gasteiger partial charge on any atom is 0.105 e. The van der Waals surface area contributed by atoms with Crippen molar-refractivity contribution in [2.24, 2.45) is 0 Å². The lowest BCUT2D eigenvalue weighted by molar-refractivity contribution is -0.0674. The second-order valence-corrected chi connectivity index (χ2v) is 11.1. The van der Waals surface area contributed by atoms with Crippen LogP contribution in [0.5, 0.6) is 0 Å². The second kappa shape index (κ2) is 27.2. The van der Waals surface area contributed by atoms with Gasteiger partial charge in [0, 0.05) is 19.8 Å². The van der Waals surface area contributed by atoms with E-state index >= 15 is 0 Å². The first kappa shape index (κ1) is 36.0. The average molecular weight is 550 g/mol. The Bertz CT molecular complexity index is 617. The molecule has 0 spiro atoms. The van der Waals surface area contributed by atoms with Crippen LogP contribution in [0.3, 0.4) is 0 Å². The molecule has 0 aliphatic carbocycles. The van der Waals surface area contributed by atoms with Crippen molar-refractivity contribution >= 4 is 0 Å². The Labute approximate surface area is 241 Å². The molecule has 228 valence electrons. The summed E-state index contributed by atoms with van der Waals surface area (Å²) in [5, 5.41) is 13.6. The Morgan fingerprint density at radius 2 is 1.21 bits per heavy atom. The Hall–Kier alpha value is -0.980. The van der Waals surface area contributed by atoms with E-state index < -0.39 is 6.10 Å². The largest absolute Gasteiger partial charge is 0.387 e. The topological polar surface area (TPSA) is 60.0 Å². The average Bonchev–Trinajstić information content (AvgIpc) is 2.96. The second-order valence-electron chi connectivity index (χ2n) is 11.1.